The Morgan fingerprint density at radius 2 is 1.76 bits per heavy atom. The van der Waals surface area contributed by atoms with Gasteiger partial charge in [0.1, 0.15) is 11.6 Å². The Hall–Kier alpha value is -3.32. The Balaban J connectivity index is 1.43. The Bertz CT molecular complexity index is 1190. The van der Waals surface area contributed by atoms with E-state index in [1.807, 2.05) is 17.5 Å². The van der Waals surface area contributed by atoms with Gasteiger partial charge in [0.25, 0.3) is 0 Å². The number of fused-ring (bicyclic) bond motifs is 1. The lowest BCUT2D eigenvalue weighted by Crippen LogP contribution is -2.20. The summed E-state index contributed by atoms with van der Waals surface area (Å²) in [6.45, 7) is 2.35. The van der Waals surface area contributed by atoms with Crippen molar-refractivity contribution in [2.45, 2.75) is 13.5 Å². The summed E-state index contributed by atoms with van der Waals surface area (Å²) in [7, 11) is 0. The molecule has 0 aliphatic rings. The average molecular weight is 409 g/mol. The van der Waals surface area contributed by atoms with Crippen LogP contribution in [0.4, 0.5) is 8.78 Å². The number of amides is 1. The zero-order valence-electron chi connectivity index (χ0n) is 15.5. The molecule has 0 aliphatic heterocycles. The van der Waals surface area contributed by atoms with Crippen molar-refractivity contribution in [1.82, 2.24) is 14.7 Å². The van der Waals surface area contributed by atoms with Crippen molar-refractivity contribution >= 4 is 28.3 Å². The highest BCUT2D eigenvalue weighted by Crippen LogP contribution is 2.27. The lowest BCUT2D eigenvalue weighted by molar-refractivity contribution is -0.116. The van der Waals surface area contributed by atoms with E-state index >= 15 is 0 Å². The highest BCUT2D eigenvalue weighted by molar-refractivity contribution is 7.17. The zero-order chi connectivity index (χ0) is 20.4. The third-order valence-corrected chi connectivity index (χ3v) is 5.67. The van der Waals surface area contributed by atoms with Crippen LogP contribution >= 0.6 is 11.3 Å². The summed E-state index contributed by atoms with van der Waals surface area (Å²) in [5.41, 5.74) is 3.37. The van der Waals surface area contributed by atoms with E-state index < -0.39 is 0 Å². The topological polar surface area (TPSA) is 46.4 Å². The van der Waals surface area contributed by atoms with Crippen molar-refractivity contribution in [2.75, 3.05) is 0 Å². The number of hydrogen-bond donors (Lipinski definition) is 1. The number of aromatic nitrogens is 2. The molecule has 29 heavy (non-hydrogen) atoms. The number of nitrogens with one attached hydrogen (secondary N) is 1. The van der Waals surface area contributed by atoms with Gasteiger partial charge in [-0.2, -0.15) is 0 Å². The highest BCUT2D eigenvalue weighted by atomic mass is 32.1. The highest BCUT2D eigenvalue weighted by Gasteiger charge is 2.13. The lowest BCUT2D eigenvalue weighted by Gasteiger charge is -2.01. The van der Waals surface area contributed by atoms with E-state index in [-0.39, 0.29) is 17.5 Å². The summed E-state index contributed by atoms with van der Waals surface area (Å²) in [5.74, 6) is -0.823. The van der Waals surface area contributed by atoms with Gasteiger partial charge in [-0.15, -0.1) is 0 Å². The van der Waals surface area contributed by atoms with Crippen molar-refractivity contribution in [3.8, 4) is 11.3 Å². The molecule has 0 aliphatic carbocycles. The van der Waals surface area contributed by atoms with Gasteiger partial charge in [0.05, 0.1) is 12.2 Å². The molecule has 0 unspecified atom stereocenters. The smallest absolute Gasteiger partial charge is 0.244 e. The van der Waals surface area contributed by atoms with Crippen molar-refractivity contribution in [3.05, 3.63) is 88.6 Å². The molecule has 0 bridgehead atoms. The van der Waals surface area contributed by atoms with Gasteiger partial charge in [0.15, 0.2) is 4.96 Å². The Labute approximate surface area is 170 Å². The minimum atomic E-state index is -0.313. The van der Waals surface area contributed by atoms with Crippen molar-refractivity contribution < 1.29 is 13.6 Å². The number of thiazole rings is 1. The fourth-order valence-electron chi connectivity index (χ4n) is 2.89. The molecule has 1 amide bonds. The maximum Gasteiger partial charge on any atom is 0.244 e. The number of benzene rings is 2. The number of nitrogens with zero attached hydrogens (tertiary/aromatic N) is 2. The van der Waals surface area contributed by atoms with Crippen molar-refractivity contribution in [3.63, 3.8) is 0 Å². The molecule has 7 heteroatoms. The molecule has 4 nitrogen and oxygen atoms in total. The van der Waals surface area contributed by atoms with Crippen LogP contribution in [0.15, 0.2) is 60.8 Å². The van der Waals surface area contributed by atoms with Gasteiger partial charge in [0.2, 0.25) is 5.91 Å². The summed E-state index contributed by atoms with van der Waals surface area (Å²) < 4.78 is 28.0. The third kappa shape index (κ3) is 4.25. The fraction of sp³-hybridized carbons (Fsp3) is 0.0909. The minimum absolute atomic E-state index is 0.230. The van der Waals surface area contributed by atoms with Gasteiger partial charge in [-0.25, -0.2) is 13.8 Å². The van der Waals surface area contributed by atoms with Gasteiger partial charge in [0, 0.05) is 28.4 Å². The zero-order valence-corrected chi connectivity index (χ0v) is 16.3. The second-order valence-corrected chi connectivity index (χ2v) is 7.56. The molecule has 0 saturated heterocycles. The molecular weight excluding hydrogens is 392 g/mol. The second-order valence-electron chi connectivity index (χ2n) is 6.50. The molecule has 2 aromatic carbocycles. The summed E-state index contributed by atoms with van der Waals surface area (Å²) >= 11 is 1.50. The molecule has 0 saturated carbocycles. The number of aryl methyl sites for hydroxylation is 1. The van der Waals surface area contributed by atoms with E-state index in [0.717, 1.165) is 32.4 Å². The van der Waals surface area contributed by atoms with Crippen LogP contribution in [0.3, 0.4) is 0 Å². The number of imidazole rings is 1. The van der Waals surface area contributed by atoms with Crippen LogP contribution in [0.2, 0.25) is 0 Å². The molecule has 1 N–H and O–H groups in total. The Kier molecular flexibility index (Phi) is 5.22. The van der Waals surface area contributed by atoms with E-state index in [2.05, 4.69) is 10.3 Å². The summed E-state index contributed by atoms with van der Waals surface area (Å²) in [6, 6.07) is 12.1. The molecule has 0 atom stereocenters. The van der Waals surface area contributed by atoms with Gasteiger partial charge in [-0.1, -0.05) is 23.5 Å². The lowest BCUT2D eigenvalue weighted by atomic mass is 10.2. The van der Waals surface area contributed by atoms with Gasteiger partial charge in [-0.3, -0.25) is 9.20 Å². The fourth-order valence-corrected chi connectivity index (χ4v) is 3.93. The molecule has 146 valence electrons. The van der Waals surface area contributed by atoms with Crippen LogP contribution in [0.5, 0.6) is 0 Å². The molecule has 0 spiro atoms. The first-order valence-corrected chi connectivity index (χ1v) is 9.76. The molecule has 4 aromatic rings. The maximum absolute atomic E-state index is 13.1. The minimum Gasteiger partial charge on any atom is -0.348 e. The van der Waals surface area contributed by atoms with E-state index in [1.54, 1.807) is 30.3 Å². The second kappa shape index (κ2) is 7.97. The molecule has 2 heterocycles. The van der Waals surface area contributed by atoms with Gasteiger partial charge in [-0.05, 0) is 55.0 Å². The SMILES string of the molecule is Cc1c(CNC(=O)C=Cc2ccc(F)cc2)sc2nc(-c3ccc(F)cc3)cn12. The van der Waals surface area contributed by atoms with Crippen molar-refractivity contribution in [2.24, 2.45) is 0 Å². The molecular formula is C22H17F2N3OS. The van der Waals surface area contributed by atoms with Crippen molar-refractivity contribution in [1.29, 1.82) is 0 Å². The Morgan fingerprint density at radius 1 is 1.10 bits per heavy atom. The van der Waals surface area contributed by atoms with Crippen LogP contribution < -0.4 is 5.32 Å². The molecule has 4 rings (SSSR count). The quantitative estimate of drug-likeness (QED) is 0.473. The summed E-state index contributed by atoms with van der Waals surface area (Å²) in [4.78, 5) is 18.5. The summed E-state index contributed by atoms with van der Waals surface area (Å²) in [6.07, 6.45) is 4.97. The van der Waals surface area contributed by atoms with Crippen LogP contribution in [-0.2, 0) is 11.3 Å². The van der Waals surface area contributed by atoms with E-state index in [1.165, 1.54) is 41.7 Å². The van der Waals surface area contributed by atoms with Crippen LogP contribution in [0.25, 0.3) is 22.3 Å². The van der Waals surface area contributed by atoms with E-state index in [0.29, 0.717) is 6.54 Å². The Morgan fingerprint density at radius 3 is 2.41 bits per heavy atom. The van der Waals surface area contributed by atoms with Gasteiger partial charge >= 0.3 is 0 Å². The monoisotopic (exact) mass is 409 g/mol. The van der Waals surface area contributed by atoms with E-state index in [4.69, 9.17) is 0 Å². The predicted molar refractivity (Wildman–Crippen MR) is 110 cm³/mol. The van der Waals surface area contributed by atoms with Crippen LogP contribution in [0.1, 0.15) is 16.1 Å². The number of rotatable bonds is 5. The van der Waals surface area contributed by atoms with Gasteiger partial charge < -0.3 is 5.32 Å². The maximum atomic E-state index is 13.1. The summed E-state index contributed by atoms with van der Waals surface area (Å²) in [5, 5.41) is 2.85. The predicted octanol–water partition coefficient (Wildman–Crippen LogP) is 4.98. The number of carbonyl (C=O) groups is 1. The molecule has 0 radical (unpaired) electrons. The number of halogens is 2. The first kappa shape index (κ1) is 19.0. The largest absolute Gasteiger partial charge is 0.348 e. The van der Waals surface area contributed by atoms with Crippen LogP contribution in [0, 0.1) is 18.6 Å². The first-order chi connectivity index (χ1) is 14.0. The van der Waals surface area contributed by atoms with Crippen LogP contribution in [-0.4, -0.2) is 15.3 Å². The van der Waals surface area contributed by atoms with E-state index in [9.17, 15) is 13.6 Å². The average Bonchev–Trinajstić information content (AvgIpc) is 3.26. The number of carbonyl (C=O) groups excluding carboxylic acids is 1. The first-order valence-electron chi connectivity index (χ1n) is 8.94. The molecule has 2 aromatic heterocycles. The standard InChI is InChI=1S/C22H17F2N3OS/c1-14-20(12-25-21(28)11-4-15-2-7-17(23)8-3-15)29-22-26-19(13-27(14)22)16-5-9-18(24)10-6-16/h2-11,13H,12H2,1H3,(H,25,28). The third-order valence-electron chi connectivity index (χ3n) is 4.51. The number of hydrogen-bond acceptors (Lipinski definition) is 3. The molecule has 0 fully saturated rings. The normalized spacial score (nSPS) is 11.4.